The molecule has 0 bridgehead atoms. The topological polar surface area (TPSA) is 91.2 Å². The molecule has 0 saturated carbocycles. The molecule has 0 aliphatic heterocycles. The predicted molar refractivity (Wildman–Crippen MR) is 91.7 cm³/mol. The number of carbonyl (C=O) groups excluding carboxylic acids is 1. The first-order valence-corrected chi connectivity index (χ1v) is 7.56. The molecule has 3 rings (SSSR count). The summed E-state index contributed by atoms with van der Waals surface area (Å²) in [5.41, 5.74) is 1.51. The third-order valence-electron chi connectivity index (χ3n) is 3.44. The van der Waals surface area contributed by atoms with E-state index in [-0.39, 0.29) is 5.91 Å². The fourth-order valence-electron chi connectivity index (χ4n) is 2.27. The van der Waals surface area contributed by atoms with Gasteiger partial charge in [-0.05, 0) is 46.8 Å². The molecule has 0 unspecified atom stereocenters. The van der Waals surface area contributed by atoms with Crippen LogP contribution in [0.3, 0.4) is 0 Å². The molecule has 128 valence electrons. The molecule has 0 aliphatic rings. The molecule has 1 amide bonds. The zero-order valence-corrected chi connectivity index (χ0v) is 14.2. The zero-order chi connectivity index (χ0) is 17.8. The van der Waals surface area contributed by atoms with Gasteiger partial charge in [0.15, 0.2) is 0 Å². The second-order valence-corrected chi connectivity index (χ2v) is 5.38. The van der Waals surface area contributed by atoms with Crippen molar-refractivity contribution in [2.24, 2.45) is 0 Å². The van der Waals surface area contributed by atoms with Gasteiger partial charge in [-0.1, -0.05) is 11.6 Å². The van der Waals surface area contributed by atoms with E-state index >= 15 is 0 Å². The summed E-state index contributed by atoms with van der Waals surface area (Å²) < 4.78 is 11.9. The van der Waals surface area contributed by atoms with Crippen LogP contribution in [0.25, 0.3) is 5.69 Å². The van der Waals surface area contributed by atoms with E-state index < -0.39 is 0 Å². The highest BCUT2D eigenvalue weighted by Gasteiger charge is 2.15. The van der Waals surface area contributed by atoms with Gasteiger partial charge in [0.1, 0.15) is 23.5 Å². The van der Waals surface area contributed by atoms with Crippen LogP contribution in [0.2, 0.25) is 5.02 Å². The Labute approximate surface area is 148 Å². The normalized spacial score (nSPS) is 10.4. The average Bonchev–Trinajstić information content (AvgIpc) is 3.15. The van der Waals surface area contributed by atoms with Crippen LogP contribution in [0, 0.1) is 0 Å². The molecule has 1 N–H and O–H groups in total. The third kappa shape index (κ3) is 3.53. The molecule has 25 heavy (non-hydrogen) atoms. The number of rotatable bonds is 5. The molecular formula is C16H14ClN5O3. The summed E-state index contributed by atoms with van der Waals surface area (Å²) in [5.74, 6) is 0.620. The molecule has 0 radical (unpaired) electrons. The Kier molecular flexibility index (Phi) is 4.80. The van der Waals surface area contributed by atoms with E-state index in [0.29, 0.717) is 33.5 Å². The summed E-state index contributed by atoms with van der Waals surface area (Å²) in [6.07, 6.45) is 1.44. The van der Waals surface area contributed by atoms with Gasteiger partial charge in [0.25, 0.3) is 5.91 Å². The Bertz CT molecular complexity index is 899. The molecule has 3 aromatic rings. The monoisotopic (exact) mass is 359 g/mol. The van der Waals surface area contributed by atoms with Gasteiger partial charge in [-0.15, -0.1) is 5.10 Å². The molecule has 1 heterocycles. The molecule has 2 aromatic carbocycles. The van der Waals surface area contributed by atoms with Crippen LogP contribution in [-0.4, -0.2) is 40.3 Å². The van der Waals surface area contributed by atoms with E-state index in [1.165, 1.54) is 18.1 Å². The summed E-state index contributed by atoms with van der Waals surface area (Å²) in [6, 6.07) is 9.94. The largest absolute Gasteiger partial charge is 0.496 e. The SMILES string of the molecule is COc1cc(Cl)ccc1C(=O)Nc1ccc(OC)c(-n2cnnn2)c1. The molecule has 0 atom stereocenters. The minimum Gasteiger partial charge on any atom is -0.496 e. The molecular weight excluding hydrogens is 346 g/mol. The van der Waals surface area contributed by atoms with Gasteiger partial charge in [-0.2, -0.15) is 4.68 Å². The van der Waals surface area contributed by atoms with Crippen LogP contribution in [0.1, 0.15) is 10.4 Å². The number of halogens is 1. The Balaban J connectivity index is 1.91. The highest BCUT2D eigenvalue weighted by Crippen LogP contribution is 2.27. The summed E-state index contributed by atoms with van der Waals surface area (Å²) in [5, 5.41) is 14.3. The fraction of sp³-hybridized carbons (Fsp3) is 0.125. The first-order valence-electron chi connectivity index (χ1n) is 7.18. The van der Waals surface area contributed by atoms with Gasteiger partial charge in [-0.3, -0.25) is 4.79 Å². The van der Waals surface area contributed by atoms with Crippen molar-refractivity contribution in [1.82, 2.24) is 20.2 Å². The number of anilines is 1. The van der Waals surface area contributed by atoms with Crippen molar-refractivity contribution in [3.05, 3.63) is 53.3 Å². The molecule has 0 spiro atoms. The Hall–Kier alpha value is -3.13. The van der Waals surface area contributed by atoms with E-state index in [2.05, 4.69) is 20.8 Å². The Morgan fingerprint density at radius 1 is 1.12 bits per heavy atom. The second kappa shape index (κ2) is 7.18. The van der Waals surface area contributed by atoms with E-state index in [0.717, 1.165) is 0 Å². The number of nitrogens with one attached hydrogen (secondary N) is 1. The van der Waals surface area contributed by atoms with Crippen LogP contribution in [-0.2, 0) is 0 Å². The smallest absolute Gasteiger partial charge is 0.259 e. The van der Waals surface area contributed by atoms with Crippen molar-refractivity contribution in [2.75, 3.05) is 19.5 Å². The summed E-state index contributed by atoms with van der Waals surface area (Å²) >= 11 is 5.92. The number of tetrazole rings is 1. The first kappa shape index (κ1) is 16.7. The number of amides is 1. The van der Waals surface area contributed by atoms with Crippen LogP contribution in [0.5, 0.6) is 11.5 Å². The van der Waals surface area contributed by atoms with Gasteiger partial charge < -0.3 is 14.8 Å². The lowest BCUT2D eigenvalue weighted by Gasteiger charge is -2.12. The van der Waals surface area contributed by atoms with E-state index in [9.17, 15) is 4.79 Å². The second-order valence-electron chi connectivity index (χ2n) is 4.94. The molecule has 9 heteroatoms. The first-order chi connectivity index (χ1) is 12.1. The highest BCUT2D eigenvalue weighted by molar-refractivity contribution is 6.31. The Morgan fingerprint density at radius 2 is 1.92 bits per heavy atom. The van der Waals surface area contributed by atoms with E-state index in [4.69, 9.17) is 21.1 Å². The molecule has 0 fully saturated rings. The lowest BCUT2D eigenvalue weighted by atomic mass is 10.1. The molecule has 1 aromatic heterocycles. The number of hydrogen-bond donors (Lipinski definition) is 1. The van der Waals surface area contributed by atoms with Gasteiger partial charge in [0.05, 0.1) is 19.8 Å². The van der Waals surface area contributed by atoms with Crippen molar-refractivity contribution < 1.29 is 14.3 Å². The number of ether oxygens (including phenoxy) is 2. The van der Waals surface area contributed by atoms with Crippen LogP contribution in [0.15, 0.2) is 42.7 Å². The molecule has 0 saturated heterocycles. The maximum atomic E-state index is 12.5. The summed E-state index contributed by atoms with van der Waals surface area (Å²) in [4.78, 5) is 12.5. The van der Waals surface area contributed by atoms with Crippen molar-refractivity contribution in [1.29, 1.82) is 0 Å². The van der Waals surface area contributed by atoms with Crippen molar-refractivity contribution in [2.45, 2.75) is 0 Å². The Morgan fingerprint density at radius 3 is 2.60 bits per heavy atom. The zero-order valence-electron chi connectivity index (χ0n) is 13.4. The average molecular weight is 360 g/mol. The lowest BCUT2D eigenvalue weighted by molar-refractivity contribution is 0.102. The van der Waals surface area contributed by atoms with E-state index in [1.54, 1.807) is 43.5 Å². The number of nitrogens with zero attached hydrogens (tertiary/aromatic N) is 4. The summed E-state index contributed by atoms with van der Waals surface area (Å²) in [7, 11) is 3.02. The number of aromatic nitrogens is 4. The number of hydrogen-bond acceptors (Lipinski definition) is 6. The fourth-order valence-corrected chi connectivity index (χ4v) is 2.43. The van der Waals surface area contributed by atoms with Crippen molar-refractivity contribution in [3.8, 4) is 17.2 Å². The summed E-state index contributed by atoms with van der Waals surface area (Å²) in [6.45, 7) is 0. The van der Waals surface area contributed by atoms with E-state index in [1.807, 2.05) is 0 Å². The third-order valence-corrected chi connectivity index (χ3v) is 3.68. The van der Waals surface area contributed by atoms with Gasteiger partial charge in [0.2, 0.25) is 0 Å². The maximum absolute atomic E-state index is 12.5. The minimum atomic E-state index is -0.332. The van der Waals surface area contributed by atoms with Crippen molar-refractivity contribution >= 4 is 23.2 Å². The lowest BCUT2D eigenvalue weighted by Crippen LogP contribution is -2.13. The number of methoxy groups -OCH3 is 2. The molecule has 8 nitrogen and oxygen atoms in total. The number of benzene rings is 2. The maximum Gasteiger partial charge on any atom is 0.259 e. The van der Waals surface area contributed by atoms with Gasteiger partial charge in [-0.25, -0.2) is 0 Å². The highest BCUT2D eigenvalue weighted by atomic mass is 35.5. The van der Waals surface area contributed by atoms with Crippen LogP contribution in [0.4, 0.5) is 5.69 Å². The van der Waals surface area contributed by atoms with Crippen LogP contribution < -0.4 is 14.8 Å². The van der Waals surface area contributed by atoms with Crippen molar-refractivity contribution in [3.63, 3.8) is 0 Å². The number of carbonyl (C=O) groups is 1. The van der Waals surface area contributed by atoms with Gasteiger partial charge >= 0.3 is 0 Å². The molecule has 0 aliphatic carbocycles. The van der Waals surface area contributed by atoms with Crippen LogP contribution >= 0.6 is 11.6 Å². The van der Waals surface area contributed by atoms with Gasteiger partial charge in [0, 0.05) is 10.7 Å². The minimum absolute atomic E-state index is 0.332. The standard InChI is InChI=1S/C16H14ClN5O3/c1-24-14-6-4-11(8-13(14)22-9-18-20-21-22)19-16(23)12-5-3-10(17)7-15(12)25-2/h3-9H,1-2H3,(H,19,23). The quantitative estimate of drug-likeness (QED) is 0.752. The predicted octanol–water partition coefficient (Wildman–Crippen LogP) is 2.59.